The molecule has 0 saturated carbocycles. The molecule has 2 aromatic heterocycles. The van der Waals surface area contributed by atoms with Crippen molar-refractivity contribution < 1.29 is 4.42 Å². The first-order valence-corrected chi connectivity index (χ1v) is 6.82. The fraction of sp³-hybridized carbons (Fsp3) is 0.333. The molecule has 0 aliphatic carbocycles. The summed E-state index contributed by atoms with van der Waals surface area (Å²) in [5.74, 6) is 0.694. The van der Waals surface area contributed by atoms with Gasteiger partial charge in [-0.15, -0.1) is 0 Å². The lowest BCUT2D eigenvalue weighted by atomic mass is 9.84. The third kappa shape index (κ3) is 1.53. The highest BCUT2D eigenvalue weighted by Crippen LogP contribution is 2.34. The number of H-pyrrole nitrogens is 1. The Kier molecular flexibility index (Phi) is 2.29. The van der Waals surface area contributed by atoms with Gasteiger partial charge in [0.1, 0.15) is 5.52 Å². The second kappa shape index (κ2) is 3.93. The maximum Gasteiger partial charge on any atom is 0.192 e. The van der Waals surface area contributed by atoms with Crippen molar-refractivity contribution in [3.63, 3.8) is 0 Å². The minimum absolute atomic E-state index is 0.283. The van der Waals surface area contributed by atoms with E-state index in [2.05, 4.69) is 39.3 Å². The Labute approximate surface area is 116 Å². The van der Waals surface area contributed by atoms with Crippen LogP contribution in [0.25, 0.3) is 11.1 Å². The Morgan fingerprint density at radius 1 is 1.35 bits per heavy atom. The van der Waals surface area contributed by atoms with E-state index in [0.29, 0.717) is 5.89 Å². The summed E-state index contributed by atoms with van der Waals surface area (Å²) in [5, 5.41) is 3.58. The van der Waals surface area contributed by atoms with Gasteiger partial charge in [0.25, 0.3) is 0 Å². The van der Waals surface area contributed by atoms with Gasteiger partial charge >= 0.3 is 0 Å². The molecule has 0 bridgehead atoms. The van der Waals surface area contributed by atoms with Gasteiger partial charge in [0.15, 0.2) is 11.5 Å². The van der Waals surface area contributed by atoms with E-state index in [1.54, 1.807) is 6.33 Å². The first-order chi connectivity index (χ1) is 9.67. The molecule has 3 heterocycles. The molecule has 20 heavy (non-hydrogen) atoms. The first kappa shape index (κ1) is 11.7. The Morgan fingerprint density at radius 3 is 3.15 bits per heavy atom. The third-order valence-corrected chi connectivity index (χ3v) is 4.12. The largest absolute Gasteiger partial charge is 0.441 e. The Morgan fingerprint density at radius 2 is 2.25 bits per heavy atom. The molecule has 102 valence electrons. The van der Waals surface area contributed by atoms with Crippen molar-refractivity contribution in [2.24, 2.45) is 0 Å². The SMILES string of the molecule is Cc1nc2cc(C3(C)NCCc4[nH]cnc43)ccc2o1. The summed E-state index contributed by atoms with van der Waals surface area (Å²) in [4.78, 5) is 12.2. The second-order valence-corrected chi connectivity index (χ2v) is 5.45. The van der Waals surface area contributed by atoms with Gasteiger partial charge in [0.2, 0.25) is 0 Å². The molecular weight excluding hydrogens is 252 g/mol. The number of aryl methyl sites for hydroxylation is 1. The van der Waals surface area contributed by atoms with Crippen LogP contribution in [0, 0.1) is 6.92 Å². The molecule has 0 fully saturated rings. The fourth-order valence-electron chi connectivity index (χ4n) is 3.06. The predicted octanol–water partition coefficient (Wildman–Crippen LogP) is 2.27. The third-order valence-electron chi connectivity index (χ3n) is 4.12. The number of fused-ring (bicyclic) bond motifs is 2. The van der Waals surface area contributed by atoms with Crippen molar-refractivity contribution in [3.8, 4) is 0 Å². The van der Waals surface area contributed by atoms with E-state index < -0.39 is 0 Å². The zero-order valence-electron chi connectivity index (χ0n) is 11.5. The number of imidazole rings is 1. The molecule has 0 amide bonds. The molecule has 1 unspecified atom stereocenters. The minimum atomic E-state index is -0.283. The number of benzene rings is 1. The summed E-state index contributed by atoms with van der Waals surface area (Å²) in [6.45, 7) is 4.97. The molecule has 2 N–H and O–H groups in total. The lowest BCUT2D eigenvalue weighted by Gasteiger charge is -2.34. The fourth-order valence-corrected chi connectivity index (χ4v) is 3.06. The van der Waals surface area contributed by atoms with Crippen LogP contribution in [0.4, 0.5) is 0 Å². The lowest BCUT2D eigenvalue weighted by molar-refractivity contribution is 0.404. The Balaban J connectivity index is 1.90. The maximum absolute atomic E-state index is 5.54. The molecule has 1 aliphatic rings. The zero-order valence-corrected chi connectivity index (χ0v) is 11.5. The summed E-state index contributed by atoms with van der Waals surface area (Å²) >= 11 is 0. The van der Waals surface area contributed by atoms with Crippen LogP contribution in [-0.2, 0) is 12.0 Å². The minimum Gasteiger partial charge on any atom is -0.441 e. The van der Waals surface area contributed by atoms with Gasteiger partial charge in [0.05, 0.1) is 17.6 Å². The van der Waals surface area contributed by atoms with Crippen molar-refractivity contribution in [3.05, 3.63) is 47.4 Å². The van der Waals surface area contributed by atoms with Crippen LogP contribution in [0.2, 0.25) is 0 Å². The van der Waals surface area contributed by atoms with E-state index in [9.17, 15) is 0 Å². The van der Waals surface area contributed by atoms with Crippen LogP contribution in [0.5, 0.6) is 0 Å². The zero-order chi connectivity index (χ0) is 13.7. The molecule has 4 rings (SSSR count). The van der Waals surface area contributed by atoms with Crippen LogP contribution >= 0.6 is 0 Å². The monoisotopic (exact) mass is 268 g/mol. The summed E-state index contributed by atoms with van der Waals surface area (Å²) < 4.78 is 5.54. The molecule has 3 aromatic rings. The van der Waals surface area contributed by atoms with E-state index >= 15 is 0 Å². The highest BCUT2D eigenvalue weighted by Gasteiger charge is 2.36. The summed E-state index contributed by atoms with van der Waals surface area (Å²) in [5.41, 5.74) is 4.88. The van der Waals surface area contributed by atoms with Gasteiger partial charge < -0.3 is 14.7 Å². The van der Waals surface area contributed by atoms with E-state index in [1.165, 1.54) is 5.69 Å². The molecule has 5 nitrogen and oxygen atoms in total. The van der Waals surface area contributed by atoms with Crippen LogP contribution < -0.4 is 5.32 Å². The number of aromatic amines is 1. The summed E-state index contributed by atoms with van der Waals surface area (Å²) in [6, 6.07) is 6.16. The standard InChI is InChI=1S/C15H16N4O/c1-9-19-12-7-10(3-4-13(12)20-9)15(2)14-11(5-6-18-15)16-8-17-14/h3-4,7-8,18H,5-6H2,1-2H3,(H,16,17). The van der Waals surface area contributed by atoms with Crippen molar-refractivity contribution in [2.45, 2.75) is 25.8 Å². The second-order valence-electron chi connectivity index (χ2n) is 5.45. The molecule has 0 saturated heterocycles. The molecule has 1 aliphatic heterocycles. The number of oxazole rings is 1. The van der Waals surface area contributed by atoms with Crippen molar-refractivity contribution >= 4 is 11.1 Å². The van der Waals surface area contributed by atoms with Crippen molar-refractivity contribution in [1.29, 1.82) is 0 Å². The predicted molar refractivity (Wildman–Crippen MR) is 75.5 cm³/mol. The highest BCUT2D eigenvalue weighted by atomic mass is 16.3. The number of hydrogen-bond donors (Lipinski definition) is 2. The van der Waals surface area contributed by atoms with Gasteiger partial charge in [-0.25, -0.2) is 9.97 Å². The van der Waals surface area contributed by atoms with E-state index in [1.807, 2.05) is 13.0 Å². The normalized spacial score (nSPS) is 22.1. The molecule has 5 heteroatoms. The van der Waals surface area contributed by atoms with Crippen molar-refractivity contribution in [1.82, 2.24) is 20.3 Å². The Hall–Kier alpha value is -2.14. The van der Waals surface area contributed by atoms with Crippen molar-refractivity contribution in [2.75, 3.05) is 6.54 Å². The van der Waals surface area contributed by atoms with E-state index in [-0.39, 0.29) is 5.54 Å². The van der Waals surface area contributed by atoms with Crippen LogP contribution in [0.15, 0.2) is 28.9 Å². The van der Waals surface area contributed by atoms with Crippen LogP contribution in [-0.4, -0.2) is 21.5 Å². The number of rotatable bonds is 1. The summed E-state index contributed by atoms with van der Waals surface area (Å²) in [7, 11) is 0. The number of nitrogens with one attached hydrogen (secondary N) is 2. The smallest absolute Gasteiger partial charge is 0.192 e. The molecule has 1 atom stereocenters. The van der Waals surface area contributed by atoms with E-state index in [0.717, 1.165) is 35.3 Å². The quantitative estimate of drug-likeness (QED) is 0.710. The number of aromatic nitrogens is 3. The van der Waals surface area contributed by atoms with Gasteiger partial charge in [-0.3, -0.25) is 0 Å². The van der Waals surface area contributed by atoms with Crippen LogP contribution in [0.3, 0.4) is 0 Å². The van der Waals surface area contributed by atoms with Gasteiger partial charge in [-0.2, -0.15) is 0 Å². The summed E-state index contributed by atoms with van der Waals surface area (Å²) in [6.07, 6.45) is 2.75. The number of nitrogens with zero attached hydrogens (tertiary/aromatic N) is 2. The molecule has 1 aromatic carbocycles. The van der Waals surface area contributed by atoms with Gasteiger partial charge in [0, 0.05) is 25.6 Å². The average Bonchev–Trinajstić information content (AvgIpc) is 3.03. The molecular formula is C15H16N4O. The Bertz CT molecular complexity index is 788. The van der Waals surface area contributed by atoms with E-state index in [4.69, 9.17) is 4.42 Å². The average molecular weight is 268 g/mol. The lowest BCUT2D eigenvalue weighted by Crippen LogP contribution is -2.46. The first-order valence-electron chi connectivity index (χ1n) is 6.82. The highest BCUT2D eigenvalue weighted by molar-refractivity contribution is 5.74. The molecule has 0 spiro atoms. The van der Waals surface area contributed by atoms with Crippen LogP contribution in [0.1, 0.15) is 29.8 Å². The van der Waals surface area contributed by atoms with Gasteiger partial charge in [-0.05, 0) is 24.6 Å². The molecule has 0 radical (unpaired) electrons. The topological polar surface area (TPSA) is 66.7 Å². The van der Waals surface area contributed by atoms with Gasteiger partial charge in [-0.1, -0.05) is 6.07 Å². The number of hydrogen-bond acceptors (Lipinski definition) is 4. The maximum atomic E-state index is 5.54.